The Morgan fingerprint density at radius 1 is 1.15 bits per heavy atom. The van der Waals surface area contributed by atoms with E-state index in [-0.39, 0.29) is 11.8 Å². The van der Waals surface area contributed by atoms with E-state index in [4.69, 9.17) is 11.6 Å². The summed E-state index contributed by atoms with van der Waals surface area (Å²) in [5.74, 6) is 0.543. The molecule has 1 aliphatic rings. The molecule has 1 fully saturated rings. The van der Waals surface area contributed by atoms with Crippen LogP contribution in [0.2, 0.25) is 5.02 Å². The highest BCUT2D eigenvalue weighted by Crippen LogP contribution is 2.23. The van der Waals surface area contributed by atoms with E-state index in [9.17, 15) is 9.59 Å². The Morgan fingerprint density at radius 2 is 1.85 bits per heavy atom. The number of benzene rings is 1. The van der Waals surface area contributed by atoms with E-state index in [1.807, 2.05) is 23.1 Å². The van der Waals surface area contributed by atoms with Crippen molar-refractivity contribution in [1.29, 1.82) is 0 Å². The van der Waals surface area contributed by atoms with Crippen molar-refractivity contribution in [1.82, 2.24) is 15.2 Å². The molecule has 2 heterocycles. The number of aromatic nitrogens is 1. The molecule has 6 nitrogen and oxygen atoms in total. The summed E-state index contributed by atoms with van der Waals surface area (Å²) in [5.41, 5.74) is 1.56. The first-order valence-corrected chi connectivity index (χ1v) is 9.10. The number of nitrogens with zero attached hydrogens (tertiary/aromatic N) is 3. The van der Waals surface area contributed by atoms with Gasteiger partial charge in [-0.15, -0.1) is 0 Å². The van der Waals surface area contributed by atoms with Crippen molar-refractivity contribution in [2.24, 2.45) is 0 Å². The van der Waals surface area contributed by atoms with Gasteiger partial charge in [-0.05, 0) is 35.9 Å². The SMILES string of the molecule is C=CC(=O)NCc1ccc(C(=O)N2CCN(c3ncccc3Cl)CC2)cc1. The molecule has 0 saturated carbocycles. The predicted octanol–water partition coefficient (Wildman–Crippen LogP) is 2.50. The fourth-order valence-corrected chi connectivity index (χ4v) is 3.18. The highest BCUT2D eigenvalue weighted by molar-refractivity contribution is 6.32. The van der Waals surface area contributed by atoms with Crippen LogP contribution in [0, 0.1) is 0 Å². The second kappa shape index (κ2) is 8.68. The lowest BCUT2D eigenvalue weighted by Crippen LogP contribution is -2.49. The molecule has 27 heavy (non-hydrogen) atoms. The molecular weight excluding hydrogens is 364 g/mol. The van der Waals surface area contributed by atoms with Crippen LogP contribution >= 0.6 is 11.6 Å². The van der Waals surface area contributed by atoms with Crippen LogP contribution in [-0.4, -0.2) is 47.9 Å². The molecule has 2 aromatic rings. The zero-order valence-electron chi connectivity index (χ0n) is 14.9. The molecule has 0 atom stereocenters. The Balaban J connectivity index is 1.57. The number of nitrogens with one attached hydrogen (secondary N) is 1. The lowest BCUT2D eigenvalue weighted by Gasteiger charge is -2.35. The molecular formula is C20H21ClN4O2. The number of hydrogen-bond donors (Lipinski definition) is 1. The van der Waals surface area contributed by atoms with Gasteiger partial charge in [0.05, 0.1) is 5.02 Å². The quantitative estimate of drug-likeness (QED) is 0.804. The van der Waals surface area contributed by atoms with Gasteiger partial charge < -0.3 is 15.1 Å². The van der Waals surface area contributed by atoms with Crippen LogP contribution in [0.15, 0.2) is 55.3 Å². The fourth-order valence-electron chi connectivity index (χ4n) is 2.94. The summed E-state index contributed by atoms with van der Waals surface area (Å²) < 4.78 is 0. The maximum Gasteiger partial charge on any atom is 0.253 e. The van der Waals surface area contributed by atoms with Gasteiger partial charge in [0.25, 0.3) is 5.91 Å². The van der Waals surface area contributed by atoms with Crippen LogP contribution in [0.1, 0.15) is 15.9 Å². The number of pyridine rings is 1. The minimum absolute atomic E-state index is 0.00319. The summed E-state index contributed by atoms with van der Waals surface area (Å²) in [5, 5.41) is 3.33. The van der Waals surface area contributed by atoms with E-state index in [0.717, 1.165) is 11.4 Å². The molecule has 3 rings (SSSR count). The largest absolute Gasteiger partial charge is 0.352 e. The third-order valence-electron chi connectivity index (χ3n) is 4.46. The molecule has 140 valence electrons. The number of carbonyl (C=O) groups is 2. The third kappa shape index (κ3) is 4.65. The van der Waals surface area contributed by atoms with E-state index < -0.39 is 0 Å². The molecule has 0 radical (unpaired) electrons. The van der Waals surface area contributed by atoms with E-state index >= 15 is 0 Å². The van der Waals surface area contributed by atoms with E-state index in [1.165, 1.54) is 6.08 Å². The second-order valence-electron chi connectivity index (χ2n) is 6.21. The van der Waals surface area contributed by atoms with Gasteiger partial charge in [-0.3, -0.25) is 9.59 Å². The van der Waals surface area contributed by atoms with Crippen molar-refractivity contribution < 1.29 is 9.59 Å². The van der Waals surface area contributed by atoms with Gasteiger partial charge in [0, 0.05) is 44.5 Å². The molecule has 1 aliphatic heterocycles. The fraction of sp³-hybridized carbons (Fsp3) is 0.250. The molecule has 1 saturated heterocycles. The maximum atomic E-state index is 12.7. The molecule has 7 heteroatoms. The molecule has 0 unspecified atom stereocenters. The number of carbonyl (C=O) groups excluding carboxylic acids is 2. The van der Waals surface area contributed by atoms with Crippen LogP contribution < -0.4 is 10.2 Å². The van der Waals surface area contributed by atoms with Crippen molar-refractivity contribution in [3.8, 4) is 0 Å². The first kappa shape index (κ1) is 18.9. The average Bonchev–Trinajstić information content (AvgIpc) is 2.72. The van der Waals surface area contributed by atoms with Gasteiger partial charge in [0.2, 0.25) is 5.91 Å². The summed E-state index contributed by atoms with van der Waals surface area (Å²) in [6.07, 6.45) is 2.95. The first-order chi connectivity index (χ1) is 13.1. The topological polar surface area (TPSA) is 65.5 Å². The van der Waals surface area contributed by atoms with E-state index in [1.54, 1.807) is 24.4 Å². The standard InChI is InChI=1S/C20H21ClN4O2/c1-2-18(26)23-14-15-5-7-16(8-6-15)20(27)25-12-10-24(11-13-25)19-17(21)4-3-9-22-19/h2-9H,1,10-14H2,(H,23,26). The van der Waals surface area contributed by atoms with Crippen molar-refractivity contribution in [2.45, 2.75) is 6.54 Å². The number of amides is 2. The lowest BCUT2D eigenvalue weighted by molar-refractivity contribution is -0.116. The van der Waals surface area contributed by atoms with Crippen LogP contribution in [0.4, 0.5) is 5.82 Å². The van der Waals surface area contributed by atoms with E-state index in [2.05, 4.69) is 21.8 Å². The summed E-state index contributed by atoms with van der Waals surface area (Å²) in [6.45, 7) is 6.43. The van der Waals surface area contributed by atoms with Gasteiger partial charge in [-0.25, -0.2) is 4.98 Å². The van der Waals surface area contributed by atoms with Crippen LogP contribution in [-0.2, 0) is 11.3 Å². The molecule has 0 spiro atoms. The molecule has 0 bridgehead atoms. The number of piperazine rings is 1. The summed E-state index contributed by atoms with van der Waals surface area (Å²) >= 11 is 6.21. The van der Waals surface area contributed by atoms with Crippen molar-refractivity contribution in [3.63, 3.8) is 0 Å². The van der Waals surface area contributed by atoms with E-state index in [0.29, 0.717) is 43.3 Å². The second-order valence-corrected chi connectivity index (χ2v) is 6.61. The average molecular weight is 385 g/mol. The normalized spacial score (nSPS) is 14.0. The van der Waals surface area contributed by atoms with Crippen LogP contribution in [0.5, 0.6) is 0 Å². The molecule has 1 N–H and O–H groups in total. The third-order valence-corrected chi connectivity index (χ3v) is 4.75. The van der Waals surface area contributed by atoms with Crippen LogP contribution in [0.3, 0.4) is 0 Å². The Labute approximate surface area is 163 Å². The summed E-state index contributed by atoms with van der Waals surface area (Å²) in [6, 6.07) is 10.9. The number of anilines is 1. The maximum absolute atomic E-state index is 12.7. The monoisotopic (exact) mass is 384 g/mol. The zero-order valence-corrected chi connectivity index (χ0v) is 15.7. The number of hydrogen-bond acceptors (Lipinski definition) is 4. The molecule has 0 aliphatic carbocycles. The minimum Gasteiger partial charge on any atom is -0.352 e. The Bertz CT molecular complexity index is 830. The molecule has 2 amide bonds. The zero-order chi connectivity index (χ0) is 19.2. The first-order valence-electron chi connectivity index (χ1n) is 8.72. The van der Waals surface area contributed by atoms with Crippen molar-refractivity contribution >= 4 is 29.2 Å². The van der Waals surface area contributed by atoms with Gasteiger partial charge in [-0.1, -0.05) is 30.3 Å². The molecule has 1 aromatic heterocycles. The van der Waals surface area contributed by atoms with Crippen molar-refractivity contribution in [2.75, 3.05) is 31.1 Å². The van der Waals surface area contributed by atoms with Gasteiger partial charge in [0.15, 0.2) is 0 Å². The Kier molecular flexibility index (Phi) is 6.08. The van der Waals surface area contributed by atoms with Crippen molar-refractivity contribution in [3.05, 3.63) is 71.4 Å². The summed E-state index contributed by atoms with van der Waals surface area (Å²) in [7, 11) is 0. The highest BCUT2D eigenvalue weighted by Gasteiger charge is 2.23. The Morgan fingerprint density at radius 3 is 2.48 bits per heavy atom. The highest BCUT2D eigenvalue weighted by atomic mass is 35.5. The number of halogens is 1. The van der Waals surface area contributed by atoms with Crippen LogP contribution in [0.25, 0.3) is 0 Å². The smallest absolute Gasteiger partial charge is 0.253 e. The molecule has 1 aromatic carbocycles. The van der Waals surface area contributed by atoms with Gasteiger partial charge in [0.1, 0.15) is 5.82 Å². The van der Waals surface area contributed by atoms with Gasteiger partial charge >= 0.3 is 0 Å². The predicted molar refractivity (Wildman–Crippen MR) is 106 cm³/mol. The minimum atomic E-state index is -0.221. The lowest BCUT2D eigenvalue weighted by atomic mass is 10.1. The van der Waals surface area contributed by atoms with Gasteiger partial charge in [-0.2, -0.15) is 0 Å². The number of rotatable bonds is 5. The Hall–Kier alpha value is -2.86. The summed E-state index contributed by atoms with van der Waals surface area (Å²) in [4.78, 5) is 32.2.